The molecular formula is C13H14BrFN2O. The van der Waals surface area contributed by atoms with Crippen LogP contribution >= 0.6 is 15.9 Å². The Bertz CT molecular complexity index is 542. The first-order valence-electron chi connectivity index (χ1n) is 5.67. The normalized spacial score (nSPS) is 12.7. The van der Waals surface area contributed by atoms with Crippen LogP contribution in [0.2, 0.25) is 0 Å². The van der Waals surface area contributed by atoms with Crippen LogP contribution in [0.1, 0.15) is 23.7 Å². The Balaban J connectivity index is 1.99. The number of hydrogen-bond acceptors (Lipinski definition) is 2. The average molecular weight is 313 g/mol. The lowest BCUT2D eigenvalue weighted by molar-refractivity contribution is 0.167. The molecule has 1 atom stereocenters. The van der Waals surface area contributed by atoms with Gasteiger partial charge in [-0.25, -0.2) is 4.39 Å². The Labute approximate surface area is 113 Å². The minimum atomic E-state index is -0.595. The molecule has 0 saturated heterocycles. The van der Waals surface area contributed by atoms with Crippen LogP contribution in [0.15, 0.2) is 35.1 Å². The van der Waals surface area contributed by atoms with Crippen LogP contribution in [0, 0.1) is 5.82 Å². The lowest BCUT2D eigenvalue weighted by Crippen LogP contribution is -2.00. The molecule has 0 spiro atoms. The van der Waals surface area contributed by atoms with Crippen LogP contribution in [0.5, 0.6) is 0 Å². The van der Waals surface area contributed by atoms with Crippen LogP contribution in [0.25, 0.3) is 0 Å². The van der Waals surface area contributed by atoms with Crippen molar-refractivity contribution in [1.29, 1.82) is 0 Å². The van der Waals surface area contributed by atoms with Crippen LogP contribution < -0.4 is 0 Å². The maximum atomic E-state index is 13.1. The Morgan fingerprint density at radius 2 is 2.28 bits per heavy atom. The molecule has 0 amide bonds. The van der Waals surface area contributed by atoms with Gasteiger partial charge in [-0.3, -0.25) is 4.68 Å². The number of halogens is 2. The number of aliphatic hydroxyl groups excluding tert-OH is 1. The number of nitrogens with zero attached hydrogens (tertiary/aromatic N) is 2. The number of hydrogen-bond donors (Lipinski definition) is 1. The fourth-order valence-electron chi connectivity index (χ4n) is 1.79. The molecule has 0 saturated carbocycles. The van der Waals surface area contributed by atoms with Crippen molar-refractivity contribution < 1.29 is 9.50 Å². The minimum Gasteiger partial charge on any atom is -0.388 e. The van der Waals surface area contributed by atoms with Gasteiger partial charge < -0.3 is 5.11 Å². The summed E-state index contributed by atoms with van der Waals surface area (Å²) in [6.45, 7) is 0. The number of aryl methyl sites for hydroxylation is 2. The van der Waals surface area contributed by atoms with E-state index in [1.54, 1.807) is 23.0 Å². The van der Waals surface area contributed by atoms with Crippen molar-refractivity contribution in [1.82, 2.24) is 9.78 Å². The Hall–Kier alpha value is -1.20. The first-order chi connectivity index (χ1) is 8.56. The van der Waals surface area contributed by atoms with Gasteiger partial charge in [0.05, 0.1) is 16.8 Å². The third-order valence-electron chi connectivity index (χ3n) is 2.79. The van der Waals surface area contributed by atoms with E-state index in [0.717, 1.165) is 12.0 Å². The Kier molecular flexibility index (Phi) is 4.14. The highest BCUT2D eigenvalue weighted by Crippen LogP contribution is 2.24. The zero-order valence-electron chi connectivity index (χ0n) is 9.98. The molecule has 1 heterocycles. The summed E-state index contributed by atoms with van der Waals surface area (Å²) < 4.78 is 15.2. The van der Waals surface area contributed by atoms with E-state index in [0.29, 0.717) is 16.5 Å². The summed E-state index contributed by atoms with van der Waals surface area (Å²) in [4.78, 5) is 0. The molecule has 1 unspecified atom stereocenters. The maximum absolute atomic E-state index is 13.1. The van der Waals surface area contributed by atoms with E-state index in [2.05, 4.69) is 21.0 Å². The molecule has 1 aromatic heterocycles. The first kappa shape index (κ1) is 13.2. The highest BCUT2D eigenvalue weighted by atomic mass is 79.9. The van der Waals surface area contributed by atoms with Crippen molar-refractivity contribution in [3.05, 3.63) is 52.0 Å². The summed E-state index contributed by atoms with van der Waals surface area (Å²) in [6, 6.07) is 4.57. The Morgan fingerprint density at radius 1 is 1.50 bits per heavy atom. The molecule has 0 bridgehead atoms. The second-order valence-corrected chi connectivity index (χ2v) is 5.10. The smallest absolute Gasteiger partial charge is 0.137 e. The molecule has 96 valence electrons. The minimum absolute atomic E-state index is 0.321. The van der Waals surface area contributed by atoms with Gasteiger partial charge in [0.1, 0.15) is 5.82 Å². The monoisotopic (exact) mass is 312 g/mol. The van der Waals surface area contributed by atoms with Crippen molar-refractivity contribution in [2.24, 2.45) is 7.05 Å². The highest BCUT2D eigenvalue weighted by Gasteiger charge is 2.10. The fraction of sp³-hybridized carbons (Fsp3) is 0.308. The molecule has 0 aliphatic heterocycles. The molecule has 2 rings (SSSR count). The number of aliphatic hydroxyl groups is 1. The summed E-state index contributed by atoms with van der Waals surface area (Å²) in [5.41, 5.74) is 1.80. The summed E-state index contributed by atoms with van der Waals surface area (Å²) in [5.74, 6) is -0.321. The lowest BCUT2D eigenvalue weighted by Gasteiger charge is -2.10. The number of rotatable bonds is 4. The molecule has 5 heteroatoms. The van der Waals surface area contributed by atoms with Crippen LogP contribution in [-0.4, -0.2) is 14.9 Å². The first-order valence-corrected chi connectivity index (χ1v) is 6.46. The second-order valence-electron chi connectivity index (χ2n) is 4.25. The molecule has 3 nitrogen and oxygen atoms in total. The molecule has 0 radical (unpaired) electrons. The summed E-state index contributed by atoms with van der Waals surface area (Å²) in [7, 11) is 1.86. The molecule has 0 aliphatic carbocycles. The lowest BCUT2D eigenvalue weighted by atomic mass is 10.0. The van der Waals surface area contributed by atoms with Gasteiger partial charge >= 0.3 is 0 Å². The third-order valence-corrected chi connectivity index (χ3v) is 3.40. The topological polar surface area (TPSA) is 38.0 Å². The van der Waals surface area contributed by atoms with Crippen LogP contribution in [0.3, 0.4) is 0 Å². The molecule has 1 aromatic carbocycles. The SMILES string of the molecule is Cn1cc(CCC(O)c2ccc(F)c(Br)c2)cn1. The van der Waals surface area contributed by atoms with Crippen molar-refractivity contribution in [3.63, 3.8) is 0 Å². The van der Waals surface area contributed by atoms with Crippen molar-refractivity contribution in [2.75, 3.05) is 0 Å². The molecule has 18 heavy (non-hydrogen) atoms. The van der Waals surface area contributed by atoms with Crippen LogP contribution in [-0.2, 0) is 13.5 Å². The Morgan fingerprint density at radius 3 is 2.89 bits per heavy atom. The number of aromatic nitrogens is 2. The quantitative estimate of drug-likeness (QED) is 0.942. The van der Waals surface area contributed by atoms with E-state index in [1.807, 2.05) is 13.2 Å². The van der Waals surface area contributed by atoms with Gasteiger partial charge in [-0.1, -0.05) is 6.07 Å². The highest BCUT2D eigenvalue weighted by molar-refractivity contribution is 9.10. The van der Waals surface area contributed by atoms with Gasteiger partial charge in [-0.2, -0.15) is 5.10 Å². The molecular weight excluding hydrogens is 299 g/mol. The van der Waals surface area contributed by atoms with Gasteiger partial charge in [-0.15, -0.1) is 0 Å². The van der Waals surface area contributed by atoms with E-state index in [9.17, 15) is 9.50 Å². The van der Waals surface area contributed by atoms with E-state index < -0.39 is 6.10 Å². The number of benzene rings is 1. The van der Waals surface area contributed by atoms with Gasteiger partial charge in [-0.05, 0) is 52.0 Å². The standard InChI is InChI=1S/C13H14BrFN2O/c1-17-8-9(7-16-17)2-5-13(18)10-3-4-12(15)11(14)6-10/h3-4,6-8,13,18H,2,5H2,1H3. The van der Waals surface area contributed by atoms with Gasteiger partial charge in [0, 0.05) is 13.2 Å². The van der Waals surface area contributed by atoms with Crippen molar-refractivity contribution in [2.45, 2.75) is 18.9 Å². The van der Waals surface area contributed by atoms with Crippen molar-refractivity contribution >= 4 is 15.9 Å². The zero-order chi connectivity index (χ0) is 13.1. The molecule has 2 aromatic rings. The predicted molar refractivity (Wildman–Crippen MR) is 70.6 cm³/mol. The van der Waals surface area contributed by atoms with Crippen molar-refractivity contribution in [3.8, 4) is 0 Å². The fourth-order valence-corrected chi connectivity index (χ4v) is 2.19. The average Bonchev–Trinajstić information content (AvgIpc) is 2.75. The predicted octanol–water partition coefficient (Wildman–Crippen LogP) is 2.99. The maximum Gasteiger partial charge on any atom is 0.137 e. The molecule has 0 aliphatic rings. The largest absolute Gasteiger partial charge is 0.388 e. The molecule has 1 N–H and O–H groups in total. The van der Waals surface area contributed by atoms with E-state index in [4.69, 9.17) is 0 Å². The third kappa shape index (κ3) is 3.17. The summed E-state index contributed by atoms with van der Waals surface area (Å²) in [5, 5.41) is 14.1. The van der Waals surface area contributed by atoms with Gasteiger partial charge in [0.15, 0.2) is 0 Å². The van der Waals surface area contributed by atoms with E-state index in [1.165, 1.54) is 6.07 Å². The zero-order valence-corrected chi connectivity index (χ0v) is 11.6. The summed E-state index contributed by atoms with van der Waals surface area (Å²) in [6.07, 6.45) is 4.44. The molecule has 0 fully saturated rings. The van der Waals surface area contributed by atoms with E-state index >= 15 is 0 Å². The van der Waals surface area contributed by atoms with E-state index in [-0.39, 0.29) is 5.82 Å². The second kappa shape index (κ2) is 5.63. The van der Waals surface area contributed by atoms with Gasteiger partial charge in [0.25, 0.3) is 0 Å². The van der Waals surface area contributed by atoms with Gasteiger partial charge in [0.2, 0.25) is 0 Å². The van der Waals surface area contributed by atoms with Crippen LogP contribution in [0.4, 0.5) is 4.39 Å². The summed E-state index contributed by atoms with van der Waals surface area (Å²) >= 11 is 3.11.